The summed E-state index contributed by atoms with van der Waals surface area (Å²) in [6.45, 7) is -0.114. The molecule has 1 aromatic heterocycles. The van der Waals surface area contributed by atoms with Crippen LogP contribution >= 0.6 is 23.1 Å². The van der Waals surface area contributed by atoms with Crippen molar-refractivity contribution in [3.05, 3.63) is 54.6 Å². The maximum absolute atomic E-state index is 12.5. The van der Waals surface area contributed by atoms with E-state index in [0.29, 0.717) is 5.69 Å². The molecule has 3 aromatic rings. The fourth-order valence-corrected chi connectivity index (χ4v) is 4.33. The van der Waals surface area contributed by atoms with Gasteiger partial charge in [0.25, 0.3) is 5.91 Å². The second-order valence-corrected chi connectivity index (χ2v) is 7.94. The van der Waals surface area contributed by atoms with E-state index in [1.807, 2.05) is 48.5 Å². The summed E-state index contributed by atoms with van der Waals surface area (Å²) in [5.41, 5.74) is 1.57. The highest BCUT2D eigenvalue weighted by Gasteiger charge is 2.17. The molecule has 0 fully saturated rings. The van der Waals surface area contributed by atoms with Gasteiger partial charge in [-0.05, 0) is 24.3 Å². The van der Waals surface area contributed by atoms with Gasteiger partial charge in [0, 0.05) is 12.2 Å². The van der Waals surface area contributed by atoms with Crippen molar-refractivity contribution in [3.8, 4) is 6.07 Å². The molecule has 0 radical (unpaired) electrons. The van der Waals surface area contributed by atoms with Crippen LogP contribution in [0.3, 0.4) is 0 Å². The lowest BCUT2D eigenvalue weighted by atomic mass is 10.2. The second kappa shape index (κ2) is 9.88. The SMILES string of the molecule is N#CCCN(C(=O)COC(=O)CSc1nc2ccccc2s1)c1ccccc1. The molecule has 0 bridgehead atoms. The Kier molecular flexibility index (Phi) is 7.00. The smallest absolute Gasteiger partial charge is 0.316 e. The Morgan fingerprint density at radius 1 is 1.14 bits per heavy atom. The average Bonchev–Trinajstić information content (AvgIpc) is 3.15. The minimum atomic E-state index is -0.481. The molecule has 0 aliphatic heterocycles. The van der Waals surface area contributed by atoms with Gasteiger partial charge in [0.05, 0.1) is 28.5 Å². The van der Waals surface area contributed by atoms with Gasteiger partial charge >= 0.3 is 5.97 Å². The number of anilines is 1. The van der Waals surface area contributed by atoms with E-state index < -0.39 is 5.97 Å². The fourth-order valence-electron chi connectivity index (χ4n) is 2.46. The first kappa shape index (κ1) is 19.9. The Bertz CT molecular complexity index is 966. The van der Waals surface area contributed by atoms with Gasteiger partial charge in [-0.1, -0.05) is 42.1 Å². The largest absolute Gasteiger partial charge is 0.455 e. The van der Waals surface area contributed by atoms with Crippen LogP contribution < -0.4 is 4.90 Å². The summed E-state index contributed by atoms with van der Waals surface area (Å²) in [6.07, 6.45) is 0.196. The summed E-state index contributed by atoms with van der Waals surface area (Å²) in [6, 6.07) is 18.8. The second-order valence-electron chi connectivity index (χ2n) is 5.69. The van der Waals surface area contributed by atoms with Crippen LogP contribution in [0.4, 0.5) is 5.69 Å². The van der Waals surface area contributed by atoms with Crippen LogP contribution in [-0.2, 0) is 14.3 Å². The molecule has 0 aliphatic rings. The van der Waals surface area contributed by atoms with Crippen molar-refractivity contribution in [2.45, 2.75) is 10.8 Å². The zero-order chi connectivity index (χ0) is 19.8. The van der Waals surface area contributed by atoms with Gasteiger partial charge in [0.1, 0.15) is 0 Å². The number of esters is 1. The Hall–Kier alpha value is -2.89. The number of nitrogens with zero attached hydrogens (tertiary/aromatic N) is 3. The van der Waals surface area contributed by atoms with Crippen LogP contribution in [0, 0.1) is 11.3 Å². The Balaban J connectivity index is 1.52. The number of para-hydroxylation sites is 2. The predicted molar refractivity (Wildman–Crippen MR) is 110 cm³/mol. The number of fused-ring (bicyclic) bond motifs is 1. The Morgan fingerprint density at radius 3 is 2.64 bits per heavy atom. The van der Waals surface area contributed by atoms with Crippen LogP contribution in [0.25, 0.3) is 10.2 Å². The number of hydrogen-bond acceptors (Lipinski definition) is 7. The van der Waals surface area contributed by atoms with Crippen molar-refractivity contribution >= 4 is 50.9 Å². The molecule has 3 rings (SSSR count). The molecule has 0 N–H and O–H groups in total. The van der Waals surface area contributed by atoms with Gasteiger partial charge in [0.2, 0.25) is 0 Å². The van der Waals surface area contributed by atoms with Crippen molar-refractivity contribution in [2.75, 3.05) is 23.8 Å². The van der Waals surface area contributed by atoms with Crippen LogP contribution in [0.15, 0.2) is 58.9 Å². The Labute approximate surface area is 170 Å². The lowest BCUT2D eigenvalue weighted by molar-refractivity contribution is -0.145. The molecule has 2 aromatic carbocycles. The molecule has 0 saturated carbocycles. The van der Waals surface area contributed by atoms with Crippen molar-refractivity contribution in [3.63, 3.8) is 0 Å². The summed E-state index contributed by atoms with van der Waals surface area (Å²) < 4.78 is 6.97. The molecule has 8 heteroatoms. The number of carbonyl (C=O) groups is 2. The van der Waals surface area contributed by atoms with Gasteiger partial charge in [-0.2, -0.15) is 5.26 Å². The summed E-state index contributed by atoms with van der Waals surface area (Å²) >= 11 is 2.80. The molecule has 142 valence electrons. The molecular weight excluding hydrogens is 394 g/mol. The number of ether oxygens (including phenoxy) is 1. The maximum Gasteiger partial charge on any atom is 0.316 e. The van der Waals surface area contributed by atoms with E-state index in [2.05, 4.69) is 4.98 Å². The average molecular weight is 412 g/mol. The summed E-state index contributed by atoms with van der Waals surface area (Å²) in [4.78, 5) is 30.4. The van der Waals surface area contributed by atoms with Crippen molar-refractivity contribution in [1.82, 2.24) is 4.98 Å². The molecule has 0 spiro atoms. The number of rotatable bonds is 8. The summed E-state index contributed by atoms with van der Waals surface area (Å²) in [7, 11) is 0. The number of hydrogen-bond donors (Lipinski definition) is 0. The van der Waals surface area contributed by atoms with Crippen molar-refractivity contribution in [2.24, 2.45) is 0 Å². The van der Waals surface area contributed by atoms with E-state index in [4.69, 9.17) is 10.00 Å². The van der Waals surface area contributed by atoms with Gasteiger partial charge in [0.15, 0.2) is 10.9 Å². The number of thiazole rings is 1. The van der Waals surface area contributed by atoms with Crippen LogP contribution in [0.5, 0.6) is 0 Å². The van der Waals surface area contributed by atoms with E-state index in [0.717, 1.165) is 14.6 Å². The molecule has 6 nitrogen and oxygen atoms in total. The van der Waals surface area contributed by atoms with Gasteiger partial charge < -0.3 is 9.64 Å². The number of amides is 1. The van der Waals surface area contributed by atoms with Crippen LogP contribution in [0.1, 0.15) is 6.42 Å². The number of carbonyl (C=O) groups excluding carboxylic acids is 2. The molecule has 28 heavy (non-hydrogen) atoms. The molecular formula is C20H17N3O3S2. The van der Waals surface area contributed by atoms with Gasteiger partial charge in [-0.25, -0.2) is 4.98 Å². The molecule has 1 amide bonds. The highest BCUT2D eigenvalue weighted by atomic mass is 32.2. The number of benzene rings is 2. The standard InChI is InChI=1S/C20H17N3O3S2/c21-11-6-12-23(15-7-2-1-3-8-15)18(24)13-26-19(25)14-27-20-22-16-9-4-5-10-17(16)28-20/h1-5,7-10H,6,12-14H2. The van der Waals surface area contributed by atoms with Gasteiger partial charge in [-0.3, -0.25) is 9.59 Å². The highest BCUT2D eigenvalue weighted by Crippen LogP contribution is 2.29. The molecule has 0 aliphatic carbocycles. The zero-order valence-electron chi connectivity index (χ0n) is 14.9. The number of nitriles is 1. The quantitative estimate of drug-likeness (QED) is 0.413. The third-order valence-electron chi connectivity index (χ3n) is 3.76. The third-order valence-corrected chi connectivity index (χ3v) is 5.91. The van der Waals surface area contributed by atoms with E-state index in [-0.39, 0.29) is 31.2 Å². The lowest BCUT2D eigenvalue weighted by Crippen LogP contribution is -2.35. The number of aromatic nitrogens is 1. The molecule has 0 unspecified atom stereocenters. The lowest BCUT2D eigenvalue weighted by Gasteiger charge is -2.21. The first-order valence-corrected chi connectivity index (χ1v) is 10.3. The maximum atomic E-state index is 12.5. The highest BCUT2D eigenvalue weighted by molar-refractivity contribution is 8.01. The first-order chi connectivity index (χ1) is 13.7. The van der Waals surface area contributed by atoms with E-state index in [1.54, 1.807) is 12.1 Å². The molecule has 0 saturated heterocycles. The third kappa shape index (κ3) is 5.31. The normalized spacial score (nSPS) is 10.4. The van der Waals surface area contributed by atoms with Crippen LogP contribution in [-0.4, -0.2) is 35.8 Å². The minimum absolute atomic E-state index is 0.0800. The Morgan fingerprint density at radius 2 is 1.89 bits per heavy atom. The zero-order valence-corrected chi connectivity index (χ0v) is 16.5. The van der Waals surface area contributed by atoms with E-state index in [9.17, 15) is 9.59 Å². The molecule has 0 atom stereocenters. The van der Waals surface area contributed by atoms with Crippen LogP contribution in [0.2, 0.25) is 0 Å². The molecule has 1 heterocycles. The summed E-state index contributed by atoms with van der Waals surface area (Å²) in [5.74, 6) is -0.762. The topological polar surface area (TPSA) is 83.3 Å². The number of thioether (sulfide) groups is 1. The van der Waals surface area contributed by atoms with Crippen molar-refractivity contribution in [1.29, 1.82) is 5.26 Å². The van der Waals surface area contributed by atoms with E-state index in [1.165, 1.54) is 28.0 Å². The van der Waals surface area contributed by atoms with Crippen molar-refractivity contribution < 1.29 is 14.3 Å². The monoisotopic (exact) mass is 411 g/mol. The minimum Gasteiger partial charge on any atom is -0.455 e. The van der Waals surface area contributed by atoms with E-state index >= 15 is 0 Å². The summed E-state index contributed by atoms with van der Waals surface area (Å²) in [5, 5.41) is 8.81. The fraction of sp³-hybridized carbons (Fsp3) is 0.200. The first-order valence-electron chi connectivity index (χ1n) is 8.54. The van der Waals surface area contributed by atoms with Gasteiger partial charge in [-0.15, -0.1) is 11.3 Å². The predicted octanol–water partition coefficient (Wildman–Crippen LogP) is 3.88.